The van der Waals surface area contributed by atoms with Crippen molar-refractivity contribution in [3.63, 3.8) is 0 Å². The van der Waals surface area contributed by atoms with Crippen LogP contribution in [0.2, 0.25) is 0 Å². The van der Waals surface area contributed by atoms with Crippen LogP contribution < -0.4 is 14.9 Å². The summed E-state index contributed by atoms with van der Waals surface area (Å²) in [5.41, 5.74) is 0.525. The van der Waals surface area contributed by atoms with E-state index in [2.05, 4.69) is 5.32 Å². The van der Waals surface area contributed by atoms with Crippen LogP contribution in [0.5, 0.6) is 0 Å². The van der Waals surface area contributed by atoms with E-state index in [1.807, 2.05) is 4.72 Å². The lowest BCUT2D eigenvalue weighted by Crippen LogP contribution is -2.44. The van der Waals surface area contributed by atoms with Crippen LogP contribution in [0.4, 0.5) is 20.6 Å². The third kappa shape index (κ3) is 4.35. The van der Waals surface area contributed by atoms with E-state index in [1.165, 1.54) is 19.1 Å². The van der Waals surface area contributed by atoms with Gasteiger partial charge in [-0.05, 0) is 43.2 Å². The number of carbonyl (C=O) groups is 3. The van der Waals surface area contributed by atoms with Crippen LogP contribution in [0.25, 0.3) is 0 Å². The van der Waals surface area contributed by atoms with Gasteiger partial charge in [-0.3, -0.25) is 9.59 Å². The summed E-state index contributed by atoms with van der Waals surface area (Å²) < 4.78 is 40.8. The highest BCUT2D eigenvalue weighted by Crippen LogP contribution is 2.46. The molecule has 0 saturated heterocycles. The Kier molecular flexibility index (Phi) is 5.97. The number of anilines is 2. The summed E-state index contributed by atoms with van der Waals surface area (Å²) >= 11 is 6.76. The molecule has 0 bridgehead atoms. The number of nitrogens with one attached hydrogen (secondary N) is 2. The summed E-state index contributed by atoms with van der Waals surface area (Å²) in [5, 5.41) is 2.24. The van der Waals surface area contributed by atoms with Crippen molar-refractivity contribution in [2.45, 2.75) is 23.8 Å². The first-order valence-electron chi connectivity index (χ1n) is 9.63. The molecule has 2 heterocycles. The fraction of sp³-hybridized carbons (Fsp3) is 0.190. The Bertz CT molecular complexity index is 1330. The van der Waals surface area contributed by atoms with Gasteiger partial charge in [0.2, 0.25) is 5.91 Å². The van der Waals surface area contributed by atoms with Crippen LogP contribution in [0.1, 0.15) is 29.3 Å². The van der Waals surface area contributed by atoms with Crippen molar-refractivity contribution in [1.29, 1.82) is 0 Å². The number of amides is 4. The molecule has 172 valence electrons. The Labute approximate surface area is 198 Å². The first kappa shape index (κ1) is 23.3. The molecule has 0 aromatic heterocycles. The van der Waals surface area contributed by atoms with Gasteiger partial charge in [0.25, 0.3) is 15.9 Å². The zero-order chi connectivity index (χ0) is 24.0. The van der Waals surface area contributed by atoms with E-state index in [9.17, 15) is 27.2 Å². The number of urea groups is 1. The van der Waals surface area contributed by atoms with Gasteiger partial charge in [-0.1, -0.05) is 47.6 Å². The summed E-state index contributed by atoms with van der Waals surface area (Å²) in [6, 6.07) is 8.80. The number of halogens is 2. The van der Waals surface area contributed by atoms with Gasteiger partial charge in [0, 0.05) is 11.3 Å². The van der Waals surface area contributed by atoms with E-state index >= 15 is 0 Å². The minimum Gasteiger partial charge on any atom is -0.307 e. The van der Waals surface area contributed by atoms with Crippen molar-refractivity contribution in [3.8, 4) is 0 Å². The van der Waals surface area contributed by atoms with Crippen molar-refractivity contribution < 1.29 is 27.2 Å². The van der Waals surface area contributed by atoms with Gasteiger partial charge in [-0.2, -0.15) is 0 Å². The molecule has 2 aromatic rings. The summed E-state index contributed by atoms with van der Waals surface area (Å²) in [4.78, 5) is 38.2. The van der Waals surface area contributed by atoms with Gasteiger partial charge in [-0.25, -0.2) is 27.2 Å². The van der Waals surface area contributed by atoms with Crippen molar-refractivity contribution >= 4 is 62.6 Å². The highest BCUT2D eigenvalue weighted by atomic mass is 35.5. The predicted octanol–water partition coefficient (Wildman–Crippen LogP) is 3.94. The van der Waals surface area contributed by atoms with Crippen molar-refractivity contribution in [3.05, 3.63) is 69.8 Å². The molecule has 2 aliphatic heterocycles. The lowest BCUT2D eigenvalue weighted by Gasteiger charge is -2.27. The Balaban J connectivity index is 1.50. The summed E-state index contributed by atoms with van der Waals surface area (Å²) in [7, 11) is -4.12. The van der Waals surface area contributed by atoms with Crippen LogP contribution in [0.3, 0.4) is 0 Å². The quantitative estimate of drug-likeness (QED) is 0.604. The molecule has 0 spiro atoms. The van der Waals surface area contributed by atoms with Crippen LogP contribution in [-0.2, 0) is 21.2 Å². The monoisotopic (exact) mass is 509 g/mol. The van der Waals surface area contributed by atoms with Gasteiger partial charge in [0.15, 0.2) is 0 Å². The first-order chi connectivity index (χ1) is 15.5. The second-order valence-electron chi connectivity index (χ2n) is 7.54. The fourth-order valence-electron chi connectivity index (χ4n) is 3.47. The minimum atomic E-state index is -4.12. The molecule has 33 heavy (non-hydrogen) atoms. The maximum Gasteiger partial charge on any atom is 0.332 e. The number of allylic oxidation sites excluding steroid dienone is 1. The van der Waals surface area contributed by atoms with Crippen molar-refractivity contribution in [2.75, 3.05) is 10.2 Å². The second kappa shape index (κ2) is 8.47. The number of fused-ring (bicyclic) bond motifs is 1. The molecule has 2 aromatic carbocycles. The Morgan fingerprint density at radius 1 is 1.21 bits per heavy atom. The topological polar surface area (TPSA) is 113 Å². The largest absolute Gasteiger partial charge is 0.332 e. The lowest BCUT2D eigenvalue weighted by molar-refractivity contribution is -0.117. The average Bonchev–Trinajstić information content (AvgIpc) is 3.09. The number of nitrogens with zero attached hydrogens (tertiary/aromatic N) is 1. The molecule has 0 saturated carbocycles. The summed E-state index contributed by atoms with van der Waals surface area (Å²) in [6.45, 7) is 1.43. The minimum absolute atomic E-state index is 0.0583. The maximum absolute atomic E-state index is 14.8. The molecule has 8 nitrogen and oxygen atoms in total. The number of imide groups is 1. The summed E-state index contributed by atoms with van der Waals surface area (Å²) in [5.74, 6) is -2.18. The Morgan fingerprint density at radius 2 is 1.94 bits per heavy atom. The van der Waals surface area contributed by atoms with Crippen LogP contribution in [-0.4, -0.2) is 30.3 Å². The Morgan fingerprint density at radius 3 is 2.61 bits per heavy atom. The highest BCUT2D eigenvalue weighted by Gasteiger charge is 2.44. The molecule has 0 fully saturated rings. The van der Waals surface area contributed by atoms with E-state index < -0.39 is 37.8 Å². The number of hydrogen-bond donors (Lipinski definition) is 2. The fourth-order valence-corrected chi connectivity index (χ4v) is 6.59. The van der Waals surface area contributed by atoms with Gasteiger partial charge in [0.05, 0.1) is 16.5 Å². The molecule has 12 heteroatoms. The molecule has 1 atom stereocenters. The SMILES string of the molecule is CC1(S(=O)(=O)NC(=O)Nc2ccc(N3C(=O)Cc4ccccc4C3=O)c(F)c2)CC=C(Cl)S1. The zero-order valence-corrected chi connectivity index (χ0v) is 19.5. The maximum atomic E-state index is 14.8. The Hall–Kier alpha value is -2.89. The van der Waals surface area contributed by atoms with Gasteiger partial charge in [0.1, 0.15) is 9.90 Å². The third-order valence-corrected chi connectivity index (χ3v) is 9.24. The van der Waals surface area contributed by atoms with Crippen LogP contribution in [0, 0.1) is 5.82 Å². The number of benzene rings is 2. The zero-order valence-electron chi connectivity index (χ0n) is 17.1. The molecule has 0 radical (unpaired) electrons. The summed E-state index contributed by atoms with van der Waals surface area (Å²) in [6.07, 6.45) is 1.60. The van der Waals surface area contributed by atoms with Crippen LogP contribution in [0.15, 0.2) is 52.9 Å². The molecule has 2 aliphatic rings. The molecular formula is C21H17ClFN3O5S2. The van der Waals surface area contributed by atoms with E-state index in [1.54, 1.807) is 30.3 Å². The predicted molar refractivity (Wildman–Crippen MR) is 124 cm³/mol. The molecule has 0 aliphatic carbocycles. The highest BCUT2D eigenvalue weighted by molar-refractivity contribution is 8.17. The normalized spacial score (nSPS) is 20.3. The van der Waals surface area contributed by atoms with Gasteiger partial charge in [-0.15, -0.1) is 0 Å². The van der Waals surface area contributed by atoms with Gasteiger partial charge < -0.3 is 5.32 Å². The van der Waals surface area contributed by atoms with E-state index in [-0.39, 0.29) is 24.2 Å². The van der Waals surface area contributed by atoms with E-state index in [0.29, 0.717) is 15.5 Å². The third-order valence-electron chi connectivity index (χ3n) is 5.23. The van der Waals surface area contributed by atoms with Crippen molar-refractivity contribution in [2.24, 2.45) is 0 Å². The number of carbonyl (C=O) groups excluding carboxylic acids is 3. The lowest BCUT2D eigenvalue weighted by atomic mass is 9.98. The van der Waals surface area contributed by atoms with Crippen LogP contribution >= 0.6 is 23.4 Å². The van der Waals surface area contributed by atoms with Crippen molar-refractivity contribution in [1.82, 2.24) is 4.72 Å². The molecule has 2 N–H and O–H groups in total. The second-order valence-corrected chi connectivity index (χ2v) is 12.1. The van der Waals surface area contributed by atoms with E-state index in [4.69, 9.17) is 11.6 Å². The standard InChI is InChI=1S/C21H17ClFN3O5S2/c1-21(9-8-17(22)32-21)33(30,31)25-20(29)24-13-6-7-16(15(23)11-13)26-18(27)10-12-4-2-3-5-14(12)19(26)28/h2-8,11H,9-10H2,1H3,(H2,24,25,29). The first-order valence-corrected chi connectivity index (χ1v) is 12.3. The molecule has 1 unspecified atom stereocenters. The van der Waals surface area contributed by atoms with Gasteiger partial charge >= 0.3 is 6.03 Å². The average molecular weight is 510 g/mol. The number of rotatable bonds is 4. The molecular weight excluding hydrogens is 493 g/mol. The number of hydrogen-bond acceptors (Lipinski definition) is 6. The molecule has 4 amide bonds. The van der Waals surface area contributed by atoms with E-state index in [0.717, 1.165) is 22.7 Å². The number of sulfonamides is 1. The smallest absolute Gasteiger partial charge is 0.307 e. The molecule has 4 rings (SSSR count). The number of thioether (sulfide) groups is 1.